The van der Waals surface area contributed by atoms with Gasteiger partial charge in [0.05, 0.1) is 6.10 Å². The molecule has 0 saturated carbocycles. The zero-order valence-corrected chi connectivity index (χ0v) is 9.93. The van der Waals surface area contributed by atoms with Crippen molar-refractivity contribution >= 4 is 11.6 Å². The number of amides is 1. The summed E-state index contributed by atoms with van der Waals surface area (Å²) in [5.74, 6) is -0.482. The number of hydrogen-bond donors (Lipinski definition) is 1. The zero-order valence-electron chi connectivity index (χ0n) is 9.93. The van der Waals surface area contributed by atoms with Gasteiger partial charge >= 0.3 is 0 Å². The van der Waals surface area contributed by atoms with Gasteiger partial charge in [-0.15, -0.1) is 0 Å². The predicted molar refractivity (Wildman–Crippen MR) is 61.2 cm³/mol. The van der Waals surface area contributed by atoms with Crippen LogP contribution in [0.5, 0.6) is 5.75 Å². The van der Waals surface area contributed by atoms with Gasteiger partial charge in [-0.2, -0.15) is 0 Å². The van der Waals surface area contributed by atoms with Crippen LogP contribution in [0.1, 0.15) is 26.3 Å². The molecule has 0 bridgehead atoms. The van der Waals surface area contributed by atoms with Crippen molar-refractivity contribution in [2.24, 2.45) is 0 Å². The third-order valence-corrected chi connectivity index (χ3v) is 1.95. The Balaban J connectivity index is 3.01. The van der Waals surface area contributed by atoms with E-state index in [1.165, 1.54) is 13.0 Å². The van der Waals surface area contributed by atoms with E-state index in [4.69, 9.17) is 4.74 Å². The Morgan fingerprint density at radius 1 is 1.44 bits per heavy atom. The first-order valence-electron chi connectivity index (χ1n) is 5.14. The molecule has 0 atom stereocenters. The minimum Gasteiger partial charge on any atom is -0.488 e. The molecular weight excluding hydrogens is 209 g/mol. The van der Waals surface area contributed by atoms with Gasteiger partial charge in [0.25, 0.3) is 0 Å². The molecule has 1 rings (SSSR count). The van der Waals surface area contributed by atoms with Gasteiger partial charge in [-0.1, -0.05) is 0 Å². The van der Waals surface area contributed by atoms with E-state index in [0.29, 0.717) is 5.69 Å². The third kappa shape index (κ3) is 3.22. The quantitative estimate of drug-likeness (QED) is 0.859. The van der Waals surface area contributed by atoms with Crippen LogP contribution in [0.3, 0.4) is 0 Å². The molecule has 4 heteroatoms. The molecule has 0 heterocycles. The molecule has 0 aliphatic heterocycles. The van der Waals surface area contributed by atoms with E-state index in [9.17, 15) is 9.18 Å². The standard InChI is InChI=1S/C12H16FNO2/c1-7(2)16-12-5-8(3)11(6-10(12)13)14-9(4)15/h5-7H,1-4H3,(H,14,15). The number of benzene rings is 1. The summed E-state index contributed by atoms with van der Waals surface area (Å²) in [5, 5.41) is 2.56. The highest BCUT2D eigenvalue weighted by molar-refractivity contribution is 5.89. The van der Waals surface area contributed by atoms with Gasteiger partial charge in [-0.25, -0.2) is 4.39 Å². The average Bonchev–Trinajstić information content (AvgIpc) is 2.11. The summed E-state index contributed by atoms with van der Waals surface area (Å²) in [7, 11) is 0. The van der Waals surface area contributed by atoms with Gasteiger partial charge in [-0.3, -0.25) is 4.79 Å². The SMILES string of the molecule is CC(=O)Nc1cc(F)c(OC(C)C)cc1C. The second-order valence-electron chi connectivity index (χ2n) is 3.95. The highest BCUT2D eigenvalue weighted by Crippen LogP contribution is 2.26. The van der Waals surface area contributed by atoms with Crippen molar-refractivity contribution in [3.8, 4) is 5.75 Å². The Labute approximate surface area is 94.6 Å². The Bertz CT molecular complexity index is 402. The molecule has 1 aromatic carbocycles. The second kappa shape index (κ2) is 4.96. The van der Waals surface area contributed by atoms with Crippen LogP contribution in [0.2, 0.25) is 0 Å². The van der Waals surface area contributed by atoms with Crippen molar-refractivity contribution in [2.75, 3.05) is 5.32 Å². The molecule has 0 saturated heterocycles. The van der Waals surface area contributed by atoms with Crippen molar-refractivity contribution in [3.05, 3.63) is 23.5 Å². The number of anilines is 1. The molecule has 1 amide bonds. The fraction of sp³-hybridized carbons (Fsp3) is 0.417. The van der Waals surface area contributed by atoms with Crippen LogP contribution in [0.15, 0.2) is 12.1 Å². The van der Waals surface area contributed by atoms with Crippen LogP contribution in [-0.2, 0) is 4.79 Å². The average molecular weight is 225 g/mol. The summed E-state index contributed by atoms with van der Waals surface area (Å²) in [6.45, 7) is 6.83. The van der Waals surface area contributed by atoms with Gasteiger partial charge in [0.2, 0.25) is 5.91 Å². The Morgan fingerprint density at radius 2 is 2.06 bits per heavy atom. The minimum absolute atomic E-state index is 0.0829. The normalized spacial score (nSPS) is 10.4. The molecule has 16 heavy (non-hydrogen) atoms. The largest absolute Gasteiger partial charge is 0.488 e. The number of halogens is 1. The number of carbonyl (C=O) groups excluding carboxylic acids is 1. The molecule has 1 aromatic rings. The van der Waals surface area contributed by atoms with E-state index in [1.54, 1.807) is 13.0 Å². The molecule has 1 N–H and O–H groups in total. The van der Waals surface area contributed by atoms with E-state index >= 15 is 0 Å². The number of carbonyl (C=O) groups is 1. The zero-order chi connectivity index (χ0) is 12.3. The van der Waals surface area contributed by atoms with E-state index in [2.05, 4.69) is 5.32 Å². The number of aryl methyl sites for hydroxylation is 1. The molecular formula is C12H16FNO2. The summed E-state index contributed by atoms with van der Waals surface area (Å²) in [6, 6.07) is 2.86. The summed E-state index contributed by atoms with van der Waals surface area (Å²) in [4.78, 5) is 10.9. The molecule has 0 unspecified atom stereocenters. The summed E-state index contributed by atoms with van der Waals surface area (Å²) < 4.78 is 18.9. The lowest BCUT2D eigenvalue weighted by atomic mass is 10.2. The van der Waals surface area contributed by atoms with Gasteiger partial charge in [-0.05, 0) is 32.4 Å². The van der Waals surface area contributed by atoms with Crippen LogP contribution in [0.4, 0.5) is 10.1 Å². The molecule has 0 aliphatic carbocycles. The maximum absolute atomic E-state index is 13.6. The van der Waals surface area contributed by atoms with Crippen LogP contribution in [0, 0.1) is 12.7 Å². The van der Waals surface area contributed by atoms with E-state index in [1.807, 2.05) is 13.8 Å². The van der Waals surface area contributed by atoms with Crippen LogP contribution in [0.25, 0.3) is 0 Å². The molecule has 0 aromatic heterocycles. The van der Waals surface area contributed by atoms with Crippen molar-refractivity contribution < 1.29 is 13.9 Å². The van der Waals surface area contributed by atoms with Gasteiger partial charge in [0.1, 0.15) is 0 Å². The van der Waals surface area contributed by atoms with Crippen molar-refractivity contribution in [2.45, 2.75) is 33.8 Å². The maximum atomic E-state index is 13.6. The van der Waals surface area contributed by atoms with Crippen molar-refractivity contribution in [3.63, 3.8) is 0 Å². The lowest BCUT2D eigenvalue weighted by molar-refractivity contribution is -0.114. The lowest BCUT2D eigenvalue weighted by Crippen LogP contribution is -2.10. The number of hydrogen-bond acceptors (Lipinski definition) is 2. The van der Waals surface area contributed by atoms with Gasteiger partial charge < -0.3 is 10.1 Å². The Hall–Kier alpha value is -1.58. The molecule has 0 aliphatic rings. The smallest absolute Gasteiger partial charge is 0.221 e. The van der Waals surface area contributed by atoms with E-state index in [0.717, 1.165) is 5.56 Å². The van der Waals surface area contributed by atoms with Crippen LogP contribution >= 0.6 is 0 Å². The summed E-state index contributed by atoms with van der Waals surface area (Å²) in [6.07, 6.45) is -0.0829. The summed E-state index contributed by atoms with van der Waals surface area (Å²) in [5.41, 5.74) is 1.24. The third-order valence-electron chi connectivity index (χ3n) is 1.95. The topological polar surface area (TPSA) is 38.3 Å². The molecule has 3 nitrogen and oxygen atoms in total. The maximum Gasteiger partial charge on any atom is 0.221 e. The molecule has 0 fully saturated rings. The Morgan fingerprint density at radius 3 is 2.56 bits per heavy atom. The number of nitrogens with one attached hydrogen (secondary N) is 1. The van der Waals surface area contributed by atoms with Crippen molar-refractivity contribution in [1.29, 1.82) is 0 Å². The minimum atomic E-state index is -0.469. The first-order chi connectivity index (χ1) is 7.40. The Kier molecular flexibility index (Phi) is 3.88. The predicted octanol–water partition coefficient (Wildman–Crippen LogP) is 2.88. The van der Waals surface area contributed by atoms with Crippen LogP contribution in [-0.4, -0.2) is 12.0 Å². The van der Waals surface area contributed by atoms with Crippen LogP contribution < -0.4 is 10.1 Å². The molecule has 0 spiro atoms. The highest BCUT2D eigenvalue weighted by atomic mass is 19.1. The monoisotopic (exact) mass is 225 g/mol. The van der Waals surface area contributed by atoms with E-state index < -0.39 is 5.82 Å². The summed E-state index contributed by atoms with van der Waals surface area (Å²) >= 11 is 0. The molecule has 88 valence electrons. The first kappa shape index (κ1) is 12.5. The molecule has 0 radical (unpaired) electrons. The number of rotatable bonds is 3. The fourth-order valence-electron chi connectivity index (χ4n) is 1.32. The number of ether oxygens (including phenoxy) is 1. The lowest BCUT2D eigenvalue weighted by Gasteiger charge is -2.13. The fourth-order valence-corrected chi connectivity index (χ4v) is 1.32. The van der Waals surface area contributed by atoms with Gasteiger partial charge in [0, 0.05) is 18.7 Å². The van der Waals surface area contributed by atoms with Crippen molar-refractivity contribution in [1.82, 2.24) is 0 Å². The highest BCUT2D eigenvalue weighted by Gasteiger charge is 2.10. The second-order valence-corrected chi connectivity index (χ2v) is 3.95. The van der Waals surface area contributed by atoms with Gasteiger partial charge in [0.15, 0.2) is 11.6 Å². The van der Waals surface area contributed by atoms with E-state index in [-0.39, 0.29) is 17.8 Å². The first-order valence-corrected chi connectivity index (χ1v) is 5.14.